The molecule has 5 heteroatoms. The summed E-state index contributed by atoms with van der Waals surface area (Å²) in [7, 11) is 1.27. The summed E-state index contributed by atoms with van der Waals surface area (Å²) >= 11 is 0. The van der Waals surface area contributed by atoms with Crippen LogP contribution in [0.1, 0.15) is 36.5 Å². The van der Waals surface area contributed by atoms with Crippen LogP contribution in [0, 0.1) is 11.7 Å². The third-order valence-corrected chi connectivity index (χ3v) is 3.60. The highest BCUT2D eigenvalue weighted by molar-refractivity contribution is 5.96. The normalized spacial score (nSPS) is 22.3. The Kier molecular flexibility index (Phi) is 3.93. The largest absolute Gasteiger partial charge is 0.465 e. The number of hydrogen-bond donors (Lipinski definition) is 2. The van der Waals surface area contributed by atoms with Gasteiger partial charge in [0.15, 0.2) is 0 Å². The number of halogens is 1. The lowest BCUT2D eigenvalue weighted by Gasteiger charge is -2.16. The fourth-order valence-corrected chi connectivity index (χ4v) is 2.54. The van der Waals surface area contributed by atoms with Crippen LogP contribution in [0.2, 0.25) is 0 Å². The van der Waals surface area contributed by atoms with E-state index in [4.69, 9.17) is 5.73 Å². The van der Waals surface area contributed by atoms with E-state index in [0.717, 1.165) is 25.3 Å². The first-order valence-electron chi connectivity index (χ1n) is 6.45. The van der Waals surface area contributed by atoms with Crippen LogP contribution in [0.4, 0.5) is 15.8 Å². The lowest BCUT2D eigenvalue weighted by molar-refractivity contribution is 0.0602. The van der Waals surface area contributed by atoms with Crippen molar-refractivity contribution in [2.24, 2.45) is 5.92 Å². The monoisotopic (exact) mass is 266 g/mol. The van der Waals surface area contributed by atoms with Crippen molar-refractivity contribution in [1.82, 2.24) is 0 Å². The number of nitrogen functional groups attached to an aromatic ring is 1. The maximum Gasteiger partial charge on any atom is 0.340 e. The highest BCUT2D eigenvalue weighted by Gasteiger charge is 2.23. The molecule has 3 N–H and O–H groups in total. The Hall–Kier alpha value is -1.78. The van der Waals surface area contributed by atoms with Gasteiger partial charge in [-0.3, -0.25) is 0 Å². The molecule has 2 atom stereocenters. The van der Waals surface area contributed by atoms with Gasteiger partial charge in [-0.1, -0.05) is 6.92 Å². The van der Waals surface area contributed by atoms with Crippen LogP contribution in [0.3, 0.4) is 0 Å². The number of methoxy groups -OCH3 is 1. The van der Waals surface area contributed by atoms with E-state index >= 15 is 0 Å². The standard InChI is InChI=1S/C14H19FN2O2/c1-8-3-4-9(5-8)17-13-6-10(14(18)19-2)12(16)7-11(13)15/h6-9,17H,3-5,16H2,1-2H3. The molecule has 2 unspecified atom stereocenters. The third-order valence-electron chi connectivity index (χ3n) is 3.60. The summed E-state index contributed by atoms with van der Waals surface area (Å²) in [5.41, 5.74) is 6.23. The molecular formula is C14H19FN2O2. The minimum Gasteiger partial charge on any atom is -0.465 e. The van der Waals surface area contributed by atoms with Crippen LogP contribution < -0.4 is 11.1 Å². The molecule has 0 bridgehead atoms. The van der Waals surface area contributed by atoms with Crippen LogP contribution in [0.15, 0.2) is 12.1 Å². The number of nitrogens with one attached hydrogen (secondary N) is 1. The Morgan fingerprint density at radius 3 is 2.79 bits per heavy atom. The molecule has 1 saturated carbocycles. The first-order chi connectivity index (χ1) is 9.01. The highest BCUT2D eigenvalue weighted by atomic mass is 19.1. The van der Waals surface area contributed by atoms with E-state index in [0.29, 0.717) is 11.6 Å². The molecule has 1 aliphatic carbocycles. The van der Waals surface area contributed by atoms with E-state index in [2.05, 4.69) is 17.0 Å². The molecule has 0 spiro atoms. The Morgan fingerprint density at radius 1 is 1.47 bits per heavy atom. The molecule has 0 aromatic heterocycles. The molecule has 2 rings (SSSR count). The van der Waals surface area contributed by atoms with Crippen LogP contribution in [-0.4, -0.2) is 19.1 Å². The highest BCUT2D eigenvalue weighted by Crippen LogP contribution is 2.30. The van der Waals surface area contributed by atoms with Crippen LogP contribution in [0.5, 0.6) is 0 Å². The van der Waals surface area contributed by atoms with Gasteiger partial charge in [0.05, 0.1) is 18.4 Å². The van der Waals surface area contributed by atoms with Crippen molar-refractivity contribution in [3.8, 4) is 0 Å². The summed E-state index contributed by atoms with van der Waals surface area (Å²) in [6.45, 7) is 2.18. The number of hydrogen-bond acceptors (Lipinski definition) is 4. The van der Waals surface area contributed by atoms with E-state index in [1.165, 1.54) is 13.2 Å². The van der Waals surface area contributed by atoms with Crippen molar-refractivity contribution in [1.29, 1.82) is 0 Å². The van der Waals surface area contributed by atoms with Gasteiger partial charge in [-0.15, -0.1) is 0 Å². The van der Waals surface area contributed by atoms with Gasteiger partial charge in [0.25, 0.3) is 0 Å². The average molecular weight is 266 g/mol. The zero-order chi connectivity index (χ0) is 14.0. The predicted molar refractivity (Wildman–Crippen MR) is 72.6 cm³/mol. The SMILES string of the molecule is COC(=O)c1cc(NC2CCC(C)C2)c(F)cc1N. The molecule has 1 aromatic carbocycles. The van der Waals surface area contributed by atoms with Crippen LogP contribution >= 0.6 is 0 Å². The van der Waals surface area contributed by atoms with Crippen LogP contribution in [-0.2, 0) is 4.74 Å². The fourth-order valence-electron chi connectivity index (χ4n) is 2.54. The van der Waals surface area contributed by atoms with Crippen molar-refractivity contribution >= 4 is 17.3 Å². The molecule has 0 heterocycles. The van der Waals surface area contributed by atoms with Gasteiger partial charge in [-0.25, -0.2) is 9.18 Å². The maximum atomic E-state index is 13.9. The first-order valence-corrected chi connectivity index (χ1v) is 6.45. The molecule has 0 saturated heterocycles. The Labute approximate surface area is 112 Å². The molecule has 1 fully saturated rings. The predicted octanol–water partition coefficient (Wildman–Crippen LogP) is 2.79. The fraction of sp³-hybridized carbons (Fsp3) is 0.500. The summed E-state index contributed by atoms with van der Waals surface area (Å²) < 4.78 is 18.5. The molecule has 104 valence electrons. The van der Waals surface area contributed by atoms with E-state index in [9.17, 15) is 9.18 Å². The van der Waals surface area contributed by atoms with Crippen molar-refractivity contribution < 1.29 is 13.9 Å². The third kappa shape index (κ3) is 2.97. The van der Waals surface area contributed by atoms with Gasteiger partial charge in [0.1, 0.15) is 5.82 Å². The second-order valence-corrected chi connectivity index (χ2v) is 5.17. The minimum absolute atomic E-state index is 0.0923. The molecule has 4 nitrogen and oxygen atoms in total. The molecule has 0 aliphatic heterocycles. The Bertz CT molecular complexity index is 491. The number of carbonyl (C=O) groups excluding carboxylic acids is 1. The Balaban J connectivity index is 2.22. The van der Waals surface area contributed by atoms with Crippen molar-refractivity contribution in [3.63, 3.8) is 0 Å². The summed E-state index contributed by atoms with van der Waals surface area (Å²) in [5, 5.41) is 3.15. The van der Waals surface area contributed by atoms with E-state index in [1.807, 2.05) is 0 Å². The molecule has 1 aliphatic rings. The van der Waals surface area contributed by atoms with Crippen molar-refractivity contribution in [2.75, 3.05) is 18.2 Å². The number of esters is 1. The average Bonchev–Trinajstić information content (AvgIpc) is 2.77. The van der Waals surface area contributed by atoms with Gasteiger partial charge in [-0.2, -0.15) is 0 Å². The first kappa shape index (κ1) is 13.6. The lowest BCUT2D eigenvalue weighted by atomic mass is 10.1. The number of rotatable bonds is 3. The second-order valence-electron chi connectivity index (χ2n) is 5.17. The zero-order valence-electron chi connectivity index (χ0n) is 11.2. The van der Waals surface area contributed by atoms with E-state index in [-0.39, 0.29) is 17.3 Å². The number of nitrogens with two attached hydrogens (primary N) is 1. The quantitative estimate of drug-likeness (QED) is 0.652. The summed E-state index contributed by atoms with van der Waals surface area (Å²) in [4.78, 5) is 11.5. The molecular weight excluding hydrogens is 247 g/mol. The van der Waals surface area contributed by atoms with E-state index in [1.54, 1.807) is 0 Å². The number of ether oxygens (including phenoxy) is 1. The van der Waals surface area contributed by atoms with Gasteiger partial charge < -0.3 is 15.8 Å². The zero-order valence-corrected chi connectivity index (χ0v) is 11.2. The summed E-state index contributed by atoms with van der Waals surface area (Å²) in [6, 6.07) is 2.84. The lowest BCUT2D eigenvalue weighted by Crippen LogP contribution is -2.17. The molecule has 1 aromatic rings. The molecule has 19 heavy (non-hydrogen) atoms. The number of carbonyl (C=O) groups is 1. The topological polar surface area (TPSA) is 64.3 Å². The van der Waals surface area contributed by atoms with Gasteiger partial charge in [0.2, 0.25) is 0 Å². The van der Waals surface area contributed by atoms with Crippen molar-refractivity contribution in [2.45, 2.75) is 32.2 Å². The maximum absolute atomic E-state index is 13.9. The summed E-state index contributed by atoms with van der Waals surface area (Å²) in [5.74, 6) is -0.348. The minimum atomic E-state index is -0.555. The molecule has 0 radical (unpaired) electrons. The van der Waals surface area contributed by atoms with Crippen molar-refractivity contribution in [3.05, 3.63) is 23.5 Å². The van der Waals surface area contributed by atoms with Gasteiger partial charge in [0, 0.05) is 11.7 Å². The summed E-state index contributed by atoms with van der Waals surface area (Å²) in [6.07, 6.45) is 3.16. The second kappa shape index (κ2) is 5.47. The Morgan fingerprint density at radius 2 is 2.21 bits per heavy atom. The van der Waals surface area contributed by atoms with Gasteiger partial charge in [-0.05, 0) is 37.3 Å². The number of benzene rings is 1. The van der Waals surface area contributed by atoms with Crippen LogP contribution in [0.25, 0.3) is 0 Å². The number of anilines is 2. The molecule has 0 amide bonds. The smallest absolute Gasteiger partial charge is 0.340 e. The van der Waals surface area contributed by atoms with Gasteiger partial charge >= 0.3 is 5.97 Å². The van der Waals surface area contributed by atoms with E-state index < -0.39 is 11.8 Å².